The molecule has 3 aromatic rings. The number of halogens is 2. The molecule has 198 valence electrons. The highest BCUT2D eigenvalue weighted by molar-refractivity contribution is 6.31. The van der Waals surface area contributed by atoms with Crippen LogP contribution in [0.1, 0.15) is 27.2 Å². The van der Waals surface area contributed by atoms with Crippen LogP contribution in [0, 0.1) is 5.82 Å². The summed E-state index contributed by atoms with van der Waals surface area (Å²) in [6, 6.07) is 7.31. The van der Waals surface area contributed by atoms with E-state index < -0.39 is 17.5 Å². The Kier molecular flexibility index (Phi) is 8.31. The lowest BCUT2D eigenvalue weighted by molar-refractivity contribution is 0.0358. The Hall–Kier alpha value is -3.21. The maximum absolute atomic E-state index is 13.9. The van der Waals surface area contributed by atoms with Gasteiger partial charge < -0.3 is 19.9 Å². The van der Waals surface area contributed by atoms with E-state index in [2.05, 4.69) is 14.9 Å². The van der Waals surface area contributed by atoms with Gasteiger partial charge in [-0.15, -0.1) is 0 Å². The molecule has 9 nitrogen and oxygen atoms in total. The van der Waals surface area contributed by atoms with Crippen molar-refractivity contribution in [2.75, 3.05) is 50.1 Å². The first kappa shape index (κ1) is 26.8. The van der Waals surface area contributed by atoms with Gasteiger partial charge in [-0.2, -0.15) is 0 Å². The molecule has 0 aliphatic carbocycles. The van der Waals surface area contributed by atoms with E-state index in [9.17, 15) is 9.18 Å². The van der Waals surface area contributed by atoms with Crippen LogP contribution in [0.15, 0.2) is 36.7 Å². The molecule has 11 heteroatoms. The van der Waals surface area contributed by atoms with Gasteiger partial charge >= 0.3 is 6.09 Å². The molecule has 0 atom stereocenters. The van der Waals surface area contributed by atoms with Crippen molar-refractivity contribution in [1.82, 2.24) is 14.9 Å². The van der Waals surface area contributed by atoms with Crippen LogP contribution in [-0.4, -0.2) is 66.0 Å². The summed E-state index contributed by atoms with van der Waals surface area (Å²) in [4.78, 5) is 25.6. The Morgan fingerprint density at radius 3 is 2.68 bits per heavy atom. The van der Waals surface area contributed by atoms with Crippen LogP contribution in [-0.2, 0) is 9.47 Å². The third-order valence-corrected chi connectivity index (χ3v) is 5.96. The summed E-state index contributed by atoms with van der Waals surface area (Å²) < 4.78 is 30.8. The van der Waals surface area contributed by atoms with Gasteiger partial charge in [0, 0.05) is 31.1 Å². The fourth-order valence-electron chi connectivity index (χ4n) is 3.93. The summed E-state index contributed by atoms with van der Waals surface area (Å²) in [5.74, 6) is 0.0991. The molecular formula is C26H31ClFN5O4. The normalized spacial score (nSPS) is 14.5. The van der Waals surface area contributed by atoms with Crippen LogP contribution in [0.5, 0.6) is 5.75 Å². The number of hydrogen-bond donors (Lipinski definition) is 1. The number of benzene rings is 2. The molecule has 1 amide bonds. The molecule has 0 spiro atoms. The van der Waals surface area contributed by atoms with Gasteiger partial charge in [-0.3, -0.25) is 4.90 Å². The lowest BCUT2D eigenvalue weighted by atomic mass is 10.1. The van der Waals surface area contributed by atoms with Crippen molar-refractivity contribution in [1.29, 1.82) is 0 Å². The smallest absolute Gasteiger partial charge is 0.420 e. The second-order valence-corrected chi connectivity index (χ2v) is 10.1. The Morgan fingerprint density at radius 1 is 1.22 bits per heavy atom. The van der Waals surface area contributed by atoms with E-state index in [1.807, 2.05) is 0 Å². The Morgan fingerprint density at radius 2 is 1.97 bits per heavy atom. The molecule has 0 unspecified atom stereocenters. The molecular weight excluding hydrogens is 501 g/mol. The average Bonchev–Trinajstić information content (AvgIpc) is 2.84. The van der Waals surface area contributed by atoms with Gasteiger partial charge in [0.2, 0.25) is 0 Å². The molecule has 2 N–H and O–H groups in total. The van der Waals surface area contributed by atoms with Crippen LogP contribution < -0.4 is 15.4 Å². The molecule has 1 aromatic heterocycles. The van der Waals surface area contributed by atoms with Crippen LogP contribution >= 0.6 is 11.6 Å². The van der Waals surface area contributed by atoms with Gasteiger partial charge in [-0.05, 0) is 51.5 Å². The fourth-order valence-corrected chi connectivity index (χ4v) is 4.11. The highest BCUT2D eigenvalue weighted by Crippen LogP contribution is 2.36. The third kappa shape index (κ3) is 6.76. The summed E-state index contributed by atoms with van der Waals surface area (Å²) in [7, 11) is 0. The van der Waals surface area contributed by atoms with Crippen molar-refractivity contribution in [2.45, 2.75) is 32.8 Å². The van der Waals surface area contributed by atoms with E-state index in [4.69, 9.17) is 31.5 Å². The molecule has 2 heterocycles. The number of nitrogens with two attached hydrogens (primary N) is 1. The van der Waals surface area contributed by atoms with E-state index in [1.54, 1.807) is 32.9 Å². The van der Waals surface area contributed by atoms with Crippen LogP contribution in [0.2, 0.25) is 5.02 Å². The Bertz CT molecular complexity index is 1260. The van der Waals surface area contributed by atoms with Crippen molar-refractivity contribution in [3.63, 3.8) is 0 Å². The minimum atomic E-state index is -0.788. The molecule has 1 aliphatic heterocycles. The number of anilines is 3. The van der Waals surface area contributed by atoms with Crippen molar-refractivity contribution >= 4 is 45.8 Å². The maximum atomic E-state index is 13.9. The number of nitrogen functional groups attached to an aromatic ring is 1. The highest BCUT2D eigenvalue weighted by Gasteiger charge is 2.28. The summed E-state index contributed by atoms with van der Waals surface area (Å²) in [5, 5.41) is 0.351. The Balaban J connectivity index is 1.62. The largest absolute Gasteiger partial charge is 0.491 e. The Labute approximate surface area is 220 Å². The lowest BCUT2D eigenvalue weighted by Crippen LogP contribution is -2.37. The standard InChI is InChI=1S/C26H31ClFN5O4/c1-26(2,3)37-25(34)33(17-5-6-20(28)19(27)13-17)24-18-14-21(29)23(15-22(18)30-16-31-24)36-10-4-7-32-8-11-35-12-9-32/h5-6,13-16H,4,7-12,29H2,1-3H3. The van der Waals surface area contributed by atoms with Crippen LogP contribution in [0.4, 0.5) is 26.4 Å². The lowest BCUT2D eigenvalue weighted by Gasteiger charge is -2.27. The zero-order valence-corrected chi connectivity index (χ0v) is 21.9. The van der Waals surface area contributed by atoms with Gasteiger partial charge in [-0.1, -0.05) is 11.6 Å². The second kappa shape index (κ2) is 11.5. The number of ether oxygens (including phenoxy) is 3. The summed E-state index contributed by atoms with van der Waals surface area (Å²) in [5.41, 5.74) is 6.71. The molecule has 37 heavy (non-hydrogen) atoms. The zero-order chi connectivity index (χ0) is 26.6. The number of rotatable bonds is 7. The van der Waals surface area contributed by atoms with Crippen molar-refractivity contribution in [3.8, 4) is 5.75 Å². The number of aromatic nitrogens is 2. The summed E-state index contributed by atoms with van der Waals surface area (Å²) >= 11 is 6.03. The van der Waals surface area contributed by atoms with Crippen molar-refractivity contribution in [2.24, 2.45) is 0 Å². The highest BCUT2D eigenvalue weighted by atomic mass is 35.5. The number of hydrogen-bond acceptors (Lipinski definition) is 8. The van der Waals surface area contributed by atoms with E-state index in [1.165, 1.54) is 29.4 Å². The van der Waals surface area contributed by atoms with E-state index >= 15 is 0 Å². The predicted octanol–water partition coefficient (Wildman–Crippen LogP) is 5.18. The van der Waals surface area contributed by atoms with Gasteiger partial charge in [0.05, 0.1) is 41.7 Å². The molecule has 2 aromatic carbocycles. The quantitative estimate of drug-likeness (QED) is 0.328. The monoisotopic (exact) mass is 531 g/mol. The van der Waals surface area contributed by atoms with Gasteiger partial charge in [-0.25, -0.2) is 24.1 Å². The zero-order valence-electron chi connectivity index (χ0n) is 21.2. The minimum Gasteiger partial charge on any atom is -0.491 e. The van der Waals surface area contributed by atoms with Crippen molar-refractivity contribution in [3.05, 3.63) is 47.5 Å². The summed E-state index contributed by atoms with van der Waals surface area (Å²) in [6.07, 6.45) is 1.46. The first-order chi connectivity index (χ1) is 17.6. The average molecular weight is 532 g/mol. The fraction of sp³-hybridized carbons (Fsp3) is 0.423. The predicted molar refractivity (Wildman–Crippen MR) is 141 cm³/mol. The molecule has 4 rings (SSSR count). The molecule has 1 aliphatic rings. The molecule has 1 fully saturated rings. The molecule has 0 radical (unpaired) electrons. The first-order valence-corrected chi connectivity index (χ1v) is 12.5. The number of nitrogens with zero attached hydrogens (tertiary/aromatic N) is 4. The van der Waals surface area contributed by atoms with Gasteiger partial charge in [0.15, 0.2) is 5.82 Å². The van der Waals surface area contributed by atoms with E-state index in [0.717, 1.165) is 39.3 Å². The molecule has 1 saturated heterocycles. The number of carbonyl (C=O) groups excluding carboxylic acids is 1. The van der Waals surface area contributed by atoms with Crippen molar-refractivity contribution < 1.29 is 23.4 Å². The minimum absolute atomic E-state index is 0.142. The number of fused-ring (bicyclic) bond motifs is 1. The first-order valence-electron chi connectivity index (χ1n) is 12.1. The molecule has 0 saturated carbocycles. The number of amides is 1. The van der Waals surface area contributed by atoms with Gasteiger partial charge in [0.25, 0.3) is 0 Å². The van der Waals surface area contributed by atoms with E-state index in [-0.39, 0.29) is 16.5 Å². The second-order valence-electron chi connectivity index (χ2n) is 9.67. The topological polar surface area (TPSA) is 103 Å². The SMILES string of the molecule is CC(C)(C)OC(=O)N(c1ccc(F)c(Cl)c1)c1ncnc2cc(OCCCN3CCOCC3)c(N)cc12. The number of carbonyl (C=O) groups is 1. The number of morpholine rings is 1. The van der Waals surface area contributed by atoms with Gasteiger partial charge in [0.1, 0.15) is 23.5 Å². The summed E-state index contributed by atoms with van der Waals surface area (Å²) in [6.45, 7) is 10.0. The maximum Gasteiger partial charge on any atom is 0.420 e. The molecule has 0 bridgehead atoms. The third-order valence-electron chi connectivity index (χ3n) is 5.68. The van der Waals surface area contributed by atoms with E-state index in [0.29, 0.717) is 28.9 Å². The van der Waals surface area contributed by atoms with Crippen LogP contribution in [0.25, 0.3) is 10.9 Å². The van der Waals surface area contributed by atoms with Crippen LogP contribution in [0.3, 0.4) is 0 Å².